The van der Waals surface area contributed by atoms with Crippen molar-refractivity contribution in [2.45, 2.75) is 26.3 Å². The lowest BCUT2D eigenvalue weighted by Crippen LogP contribution is -2.30. The molecule has 0 spiro atoms. The van der Waals surface area contributed by atoms with Gasteiger partial charge in [-0.1, -0.05) is 37.0 Å². The maximum absolute atomic E-state index is 11.3. The van der Waals surface area contributed by atoms with Gasteiger partial charge in [0.1, 0.15) is 10.4 Å². The zero-order valence-electron chi connectivity index (χ0n) is 11.4. The van der Waals surface area contributed by atoms with Gasteiger partial charge in [-0.3, -0.25) is 0 Å². The minimum absolute atomic E-state index is 0.281. The number of thiophene rings is 1. The molecule has 2 rings (SSSR count). The van der Waals surface area contributed by atoms with E-state index < -0.39 is 12.0 Å². The summed E-state index contributed by atoms with van der Waals surface area (Å²) in [4.78, 5) is 15.6. The fraction of sp³-hybridized carbons (Fsp3) is 0.385. The number of carbonyl (C=O) groups is 1. The Morgan fingerprint density at radius 3 is 2.71 bits per heavy atom. The molecule has 0 aromatic carbocycles. The Bertz CT molecular complexity index is 640. The van der Waals surface area contributed by atoms with E-state index in [1.165, 1.54) is 22.7 Å². The van der Waals surface area contributed by atoms with Crippen molar-refractivity contribution < 1.29 is 9.90 Å². The number of hydrogen-bond donors (Lipinski definition) is 2. The second-order valence-electron chi connectivity index (χ2n) is 4.94. The predicted molar refractivity (Wildman–Crippen MR) is 89.9 cm³/mol. The van der Waals surface area contributed by atoms with Crippen molar-refractivity contribution in [2.75, 3.05) is 5.32 Å². The van der Waals surface area contributed by atoms with Gasteiger partial charge in [0.05, 0.1) is 10.0 Å². The maximum Gasteiger partial charge on any atom is 0.326 e. The second-order valence-corrected chi connectivity index (χ2v) is 8.08. The summed E-state index contributed by atoms with van der Waals surface area (Å²) in [7, 11) is 0. The Hall–Kier alpha value is -0.820. The van der Waals surface area contributed by atoms with Crippen LogP contribution in [0.3, 0.4) is 0 Å². The molecule has 1 atom stereocenters. The predicted octanol–water partition coefficient (Wildman–Crippen LogP) is 5.09. The first kappa shape index (κ1) is 16.5. The van der Waals surface area contributed by atoms with E-state index in [2.05, 4.69) is 10.3 Å². The highest BCUT2D eigenvalue weighted by molar-refractivity contribution is 7.20. The van der Waals surface area contributed by atoms with Crippen molar-refractivity contribution in [1.29, 1.82) is 0 Å². The topological polar surface area (TPSA) is 62.2 Å². The molecule has 8 heteroatoms. The Kier molecular flexibility index (Phi) is 5.48. The standard InChI is InChI=1S/C13H14Cl2N2O2S2/c1-6(2)3-8(12(18)19)16-13-17-9(5-20-13)7-4-10(14)21-11(7)15/h4-6,8H,3H2,1-2H3,(H,16,17)(H,18,19). The highest BCUT2D eigenvalue weighted by Crippen LogP contribution is 2.39. The number of carboxylic acids is 1. The molecule has 2 heterocycles. The van der Waals surface area contributed by atoms with Gasteiger partial charge in [0.15, 0.2) is 5.13 Å². The number of anilines is 1. The van der Waals surface area contributed by atoms with Crippen molar-refractivity contribution >= 4 is 57.0 Å². The SMILES string of the molecule is CC(C)CC(Nc1nc(-c2cc(Cl)sc2Cl)cs1)C(=O)O. The summed E-state index contributed by atoms with van der Waals surface area (Å²) in [6, 6.07) is 1.11. The van der Waals surface area contributed by atoms with Crippen molar-refractivity contribution in [3.8, 4) is 11.3 Å². The number of thiazole rings is 1. The molecule has 0 fully saturated rings. The van der Waals surface area contributed by atoms with Crippen LogP contribution in [0.25, 0.3) is 11.3 Å². The number of halogens is 2. The minimum atomic E-state index is -0.878. The Morgan fingerprint density at radius 1 is 1.48 bits per heavy atom. The number of hydrogen-bond acceptors (Lipinski definition) is 5. The number of carboxylic acid groups (broad SMARTS) is 1. The van der Waals surface area contributed by atoms with E-state index in [4.69, 9.17) is 23.2 Å². The van der Waals surface area contributed by atoms with E-state index >= 15 is 0 Å². The Balaban J connectivity index is 2.16. The summed E-state index contributed by atoms with van der Waals surface area (Å²) in [5, 5.41) is 14.6. The summed E-state index contributed by atoms with van der Waals surface area (Å²) in [5.41, 5.74) is 1.47. The molecule has 0 aliphatic heterocycles. The molecule has 2 aromatic rings. The molecule has 0 saturated heterocycles. The van der Waals surface area contributed by atoms with E-state index in [-0.39, 0.29) is 5.92 Å². The summed E-state index contributed by atoms with van der Waals surface area (Å²) in [6.07, 6.45) is 0.537. The van der Waals surface area contributed by atoms with Crippen molar-refractivity contribution in [2.24, 2.45) is 5.92 Å². The van der Waals surface area contributed by atoms with Crippen LogP contribution < -0.4 is 5.32 Å². The minimum Gasteiger partial charge on any atom is -0.480 e. The molecule has 114 valence electrons. The average molecular weight is 365 g/mol. The monoisotopic (exact) mass is 364 g/mol. The normalized spacial score (nSPS) is 12.6. The van der Waals surface area contributed by atoms with Crippen LogP contribution in [0.5, 0.6) is 0 Å². The molecule has 2 N–H and O–H groups in total. The van der Waals surface area contributed by atoms with E-state index in [0.717, 1.165) is 5.56 Å². The maximum atomic E-state index is 11.3. The number of aromatic nitrogens is 1. The van der Waals surface area contributed by atoms with Crippen LogP contribution in [0.2, 0.25) is 8.67 Å². The van der Waals surface area contributed by atoms with Crippen molar-refractivity contribution in [1.82, 2.24) is 4.98 Å². The zero-order valence-corrected chi connectivity index (χ0v) is 14.5. The van der Waals surface area contributed by atoms with Crippen LogP contribution in [0.1, 0.15) is 20.3 Å². The lowest BCUT2D eigenvalue weighted by molar-refractivity contribution is -0.138. The highest BCUT2D eigenvalue weighted by atomic mass is 35.5. The molecule has 0 aliphatic carbocycles. The summed E-state index contributed by atoms with van der Waals surface area (Å²) < 4.78 is 1.18. The molecule has 0 amide bonds. The number of aliphatic carboxylic acids is 1. The fourth-order valence-corrected chi connectivity index (χ4v) is 4.07. The van der Waals surface area contributed by atoms with Crippen molar-refractivity contribution in [3.05, 3.63) is 20.1 Å². The van der Waals surface area contributed by atoms with Gasteiger partial charge in [-0.05, 0) is 18.4 Å². The van der Waals surface area contributed by atoms with Gasteiger partial charge < -0.3 is 10.4 Å². The second kappa shape index (κ2) is 6.96. The molecule has 0 radical (unpaired) electrons. The molecule has 0 bridgehead atoms. The van der Waals surface area contributed by atoms with Crippen LogP contribution in [0, 0.1) is 5.92 Å². The molecule has 1 unspecified atom stereocenters. The number of nitrogens with zero attached hydrogens (tertiary/aromatic N) is 1. The molecule has 0 aliphatic rings. The highest BCUT2D eigenvalue weighted by Gasteiger charge is 2.20. The van der Waals surface area contributed by atoms with E-state index in [0.29, 0.717) is 25.9 Å². The average Bonchev–Trinajstić information content (AvgIpc) is 2.94. The quantitative estimate of drug-likeness (QED) is 0.749. The molecular weight excluding hydrogens is 351 g/mol. The van der Waals surface area contributed by atoms with E-state index in [9.17, 15) is 9.90 Å². The molecular formula is C13H14Cl2N2O2S2. The number of rotatable bonds is 6. The third-order valence-electron chi connectivity index (χ3n) is 2.74. The van der Waals surface area contributed by atoms with Gasteiger partial charge in [0.2, 0.25) is 0 Å². The Labute approximate surface area is 140 Å². The van der Waals surface area contributed by atoms with Crippen LogP contribution >= 0.6 is 45.9 Å². The smallest absolute Gasteiger partial charge is 0.326 e. The zero-order chi connectivity index (χ0) is 15.6. The van der Waals surface area contributed by atoms with Gasteiger partial charge in [-0.2, -0.15) is 0 Å². The van der Waals surface area contributed by atoms with Crippen LogP contribution in [-0.4, -0.2) is 22.1 Å². The summed E-state index contributed by atoms with van der Waals surface area (Å²) in [6.45, 7) is 3.97. The van der Waals surface area contributed by atoms with Crippen molar-refractivity contribution in [3.63, 3.8) is 0 Å². The van der Waals surface area contributed by atoms with Gasteiger partial charge >= 0.3 is 5.97 Å². The first-order valence-electron chi connectivity index (χ1n) is 6.27. The summed E-state index contributed by atoms with van der Waals surface area (Å²) in [5.74, 6) is -0.597. The lowest BCUT2D eigenvalue weighted by atomic mass is 10.0. The van der Waals surface area contributed by atoms with Gasteiger partial charge in [0, 0.05) is 10.9 Å². The third-order valence-corrected chi connectivity index (χ3v) is 5.00. The lowest BCUT2D eigenvalue weighted by Gasteiger charge is -2.15. The molecule has 0 saturated carbocycles. The van der Waals surface area contributed by atoms with Crippen LogP contribution in [0.15, 0.2) is 11.4 Å². The van der Waals surface area contributed by atoms with Gasteiger partial charge in [-0.15, -0.1) is 22.7 Å². The van der Waals surface area contributed by atoms with E-state index in [1.54, 1.807) is 6.07 Å². The largest absolute Gasteiger partial charge is 0.480 e. The number of nitrogens with one attached hydrogen (secondary N) is 1. The molecule has 4 nitrogen and oxygen atoms in total. The Morgan fingerprint density at radius 2 is 2.19 bits per heavy atom. The molecule has 2 aromatic heterocycles. The first-order chi connectivity index (χ1) is 9.86. The summed E-state index contributed by atoms with van der Waals surface area (Å²) >= 11 is 14.7. The fourth-order valence-electron chi connectivity index (χ4n) is 1.82. The molecule has 21 heavy (non-hydrogen) atoms. The van der Waals surface area contributed by atoms with Gasteiger partial charge in [-0.25, -0.2) is 9.78 Å². The van der Waals surface area contributed by atoms with Crippen LogP contribution in [-0.2, 0) is 4.79 Å². The first-order valence-corrected chi connectivity index (χ1v) is 8.72. The van der Waals surface area contributed by atoms with E-state index in [1.807, 2.05) is 19.2 Å². The van der Waals surface area contributed by atoms with Crippen LogP contribution in [0.4, 0.5) is 5.13 Å². The van der Waals surface area contributed by atoms with Gasteiger partial charge in [0.25, 0.3) is 0 Å². The third kappa shape index (κ3) is 4.32.